The number of carbonyl (C=O) groups excluding carboxylic acids is 1. The predicted octanol–water partition coefficient (Wildman–Crippen LogP) is 7.77. The summed E-state index contributed by atoms with van der Waals surface area (Å²) >= 11 is 24.2. The van der Waals surface area contributed by atoms with Crippen molar-refractivity contribution in [1.82, 2.24) is 4.98 Å². The van der Waals surface area contributed by atoms with Gasteiger partial charge in [0.25, 0.3) is 5.91 Å². The lowest BCUT2D eigenvalue weighted by molar-refractivity contribution is 0.102. The Morgan fingerprint density at radius 2 is 1.45 bits per heavy atom. The molecule has 0 unspecified atom stereocenters. The standard InChI is InChI=1S/C22H12Cl4N2O/c23-16-7-5-12(9-18(16)25)21-11-15(14-3-1-2-4-20(14)28-21)22(29)27-13-6-8-17(24)19(26)10-13/h1-11H,(H,27,29). The number of para-hydroxylation sites is 1. The number of pyridine rings is 1. The van der Waals surface area contributed by atoms with Crippen LogP contribution >= 0.6 is 46.4 Å². The molecule has 1 heterocycles. The van der Waals surface area contributed by atoms with Gasteiger partial charge in [-0.3, -0.25) is 4.79 Å². The zero-order valence-corrected chi connectivity index (χ0v) is 17.7. The molecular formula is C22H12Cl4N2O. The van der Waals surface area contributed by atoms with Crippen molar-refractivity contribution in [2.45, 2.75) is 0 Å². The molecule has 0 radical (unpaired) electrons. The maximum atomic E-state index is 13.1. The molecule has 1 amide bonds. The maximum Gasteiger partial charge on any atom is 0.256 e. The Morgan fingerprint density at radius 1 is 0.759 bits per heavy atom. The van der Waals surface area contributed by atoms with Crippen LogP contribution in [0.25, 0.3) is 22.2 Å². The summed E-state index contributed by atoms with van der Waals surface area (Å²) in [7, 11) is 0. The van der Waals surface area contributed by atoms with E-state index in [1.54, 1.807) is 36.4 Å². The van der Waals surface area contributed by atoms with Gasteiger partial charge in [0.05, 0.1) is 36.9 Å². The summed E-state index contributed by atoms with van der Waals surface area (Å²) in [4.78, 5) is 17.7. The number of nitrogens with one attached hydrogen (secondary N) is 1. The lowest BCUT2D eigenvalue weighted by Crippen LogP contribution is -2.13. The topological polar surface area (TPSA) is 42.0 Å². The van der Waals surface area contributed by atoms with E-state index < -0.39 is 0 Å². The molecule has 1 N–H and O–H groups in total. The van der Waals surface area contributed by atoms with Crippen LogP contribution in [0.1, 0.15) is 10.4 Å². The molecule has 7 heteroatoms. The first-order valence-electron chi connectivity index (χ1n) is 8.54. The molecule has 0 aliphatic carbocycles. The third kappa shape index (κ3) is 4.19. The Bertz CT molecular complexity index is 1260. The van der Waals surface area contributed by atoms with Crippen LogP contribution in [-0.4, -0.2) is 10.9 Å². The number of nitrogens with zero attached hydrogens (tertiary/aromatic N) is 1. The number of carbonyl (C=O) groups is 1. The van der Waals surface area contributed by atoms with E-state index >= 15 is 0 Å². The van der Waals surface area contributed by atoms with Crippen molar-refractivity contribution >= 4 is 68.9 Å². The quantitative estimate of drug-likeness (QED) is 0.338. The van der Waals surface area contributed by atoms with Crippen LogP contribution in [0.5, 0.6) is 0 Å². The highest BCUT2D eigenvalue weighted by Crippen LogP contribution is 2.31. The fraction of sp³-hybridized carbons (Fsp3) is 0. The predicted molar refractivity (Wildman–Crippen MR) is 122 cm³/mol. The summed E-state index contributed by atoms with van der Waals surface area (Å²) in [6.45, 7) is 0. The number of fused-ring (bicyclic) bond motifs is 1. The lowest BCUT2D eigenvalue weighted by Gasteiger charge is -2.11. The van der Waals surface area contributed by atoms with Gasteiger partial charge in [0, 0.05) is 16.6 Å². The largest absolute Gasteiger partial charge is 0.322 e. The van der Waals surface area contributed by atoms with Gasteiger partial charge < -0.3 is 5.32 Å². The van der Waals surface area contributed by atoms with E-state index in [1.165, 1.54) is 0 Å². The average Bonchev–Trinajstić information content (AvgIpc) is 2.72. The van der Waals surface area contributed by atoms with Crippen molar-refractivity contribution in [3.05, 3.63) is 92.4 Å². The van der Waals surface area contributed by atoms with E-state index in [4.69, 9.17) is 46.4 Å². The van der Waals surface area contributed by atoms with E-state index in [-0.39, 0.29) is 5.91 Å². The molecular weight excluding hydrogens is 450 g/mol. The maximum absolute atomic E-state index is 13.1. The van der Waals surface area contributed by atoms with Crippen molar-refractivity contribution in [3.8, 4) is 11.3 Å². The molecule has 144 valence electrons. The van der Waals surface area contributed by atoms with E-state index in [2.05, 4.69) is 10.3 Å². The van der Waals surface area contributed by atoms with Gasteiger partial charge in [0.15, 0.2) is 0 Å². The minimum Gasteiger partial charge on any atom is -0.322 e. The highest BCUT2D eigenvalue weighted by Gasteiger charge is 2.15. The minimum atomic E-state index is -0.289. The normalized spacial score (nSPS) is 10.9. The van der Waals surface area contributed by atoms with Crippen LogP contribution in [0.3, 0.4) is 0 Å². The molecule has 0 aliphatic heterocycles. The third-order valence-electron chi connectivity index (χ3n) is 4.35. The highest BCUT2D eigenvalue weighted by molar-refractivity contribution is 6.42. The van der Waals surface area contributed by atoms with Gasteiger partial charge in [-0.2, -0.15) is 0 Å². The van der Waals surface area contributed by atoms with E-state index in [0.717, 1.165) is 10.9 Å². The Kier molecular flexibility index (Phi) is 5.66. The molecule has 3 nitrogen and oxygen atoms in total. The molecule has 4 aromatic rings. The van der Waals surface area contributed by atoms with E-state index in [1.807, 2.05) is 30.3 Å². The summed E-state index contributed by atoms with van der Waals surface area (Å²) < 4.78 is 0. The van der Waals surface area contributed by atoms with Crippen molar-refractivity contribution in [1.29, 1.82) is 0 Å². The Morgan fingerprint density at radius 3 is 2.17 bits per heavy atom. The van der Waals surface area contributed by atoms with Crippen LogP contribution in [0.2, 0.25) is 20.1 Å². The summed E-state index contributed by atoms with van der Waals surface area (Å²) in [5.41, 5.74) is 3.08. The molecule has 29 heavy (non-hydrogen) atoms. The first-order valence-corrected chi connectivity index (χ1v) is 10.0. The Balaban J connectivity index is 1.80. The summed E-state index contributed by atoms with van der Waals surface area (Å²) in [5.74, 6) is -0.289. The number of hydrogen-bond donors (Lipinski definition) is 1. The fourth-order valence-electron chi connectivity index (χ4n) is 2.94. The zero-order chi connectivity index (χ0) is 20.5. The van der Waals surface area contributed by atoms with E-state index in [9.17, 15) is 4.79 Å². The van der Waals surface area contributed by atoms with E-state index in [0.29, 0.717) is 42.6 Å². The van der Waals surface area contributed by atoms with Crippen molar-refractivity contribution in [2.75, 3.05) is 5.32 Å². The summed E-state index contributed by atoms with van der Waals surface area (Å²) in [6.07, 6.45) is 0. The molecule has 0 saturated carbocycles. The number of rotatable bonds is 3. The van der Waals surface area contributed by atoms with Gasteiger partial charge in [-0.05, 0) is 42.5 Å². The number of benzene rings is 3. The van der Waals surface area contributed by atoms with Crippen LogP contribution in [0.4, 0.5) is 5.69 Å². The monoisotopic (exact) mass is 460 g/mol. The van der Waals surface area contributed by atoms with Crippen molar-refractivity contribution in [3.63, 3.8) is 0 Å². The molecule has 0 aliphatic rings. The van der Waals surface area contributed by atoms with Gasteiger partial charge in [-0.25, -0.2) is 4.98 Å². The third-order valence-corrected chi connectivity index (χ3v) is 5.83. The highest BCUT2D eigenvalue weighted by atomic mass is 35.5. The second-order valence-corrected chi connectivity index (χ2v) is 7.91. The van der Waals surface area contributed by atoms with Crippen LogP contribution in [-0.2, 0) is 0 Å². The molecule has 3 aromatic carbocycles. The number of hydrogen-bond acceptors (Lipinski definition) is 2. The number of amides is 1. The second-order valence-electron chi connectivity index (χ2n) is 6.28. The first-order chi connectivity index (χ1) is 13.9. The lowest BCUT2D eigenvalue weighted by atomic mass is 10.0. The van der Waals surface area contributed by atoms with Gasteiger partial charge >= 0.3 is 0 Å². The van der Waals surface area contributed by atoms with Crippen LogP contribution in [0.15, 0.2) is 66.7 Å². The van der Waals surface area contributed by atoms with Gasteiger partial charge in [-0.1, -0.05) is 70.7 Å². The number of halogens is 4. The summed E-state index contributed by atoms with van der Waals surface area (Å²) in [5, 5.41) is 5.24. The molecule has 4 rings (SSSR count). The molecule has 0 bridgehead atoms. The molecule has 1 aromatic heterocycles. The van der Waals surface area contributed by atoms with Crippen LogP contribution in [0, 0.1) is 0 Å². The molecule has 0 saturated heterocycles. The fourth-order valence-corrected chi connectivity index (χ4v) is 3.54. The Hall–Kier alpha value is -2.30. The van der Waals surface area contributed by atoms with Crippen molar-refractivity contribution < 1.29 is 4.79 Å². The number of anilines is 1. The van der Waals surface area contributed by atoms with Gasteiger partial charge in [0.1, 0.15) is 0 Å². The number of aromatic nitrogens is 1. The minimum absolute atomic E-state index is 0.289. The second kappa shape index (κ2) is 8.21. The SMILES string of the molecule is O=C(Nc1ccc(Cl)c(Cl)c1)c1cc(-c2ccc(Cl)c(Cl)c2)nc2ccccc12. The smallest absolute Gasteiger partial charge is 0.256 e. The van der Waals surface area contributed by atoms with Gasteiger partial charge in [0.2, 0.25) is 0 Å². The molecule has 0 atom stereocenters. The molecule has 0 fully saturated rings. The molecule has 0 spiro atoms. The zero-order valence-electron chi connectivity index (χ0n) is 14.7. The summed E-state index contributed by atoms with van der Waals surface area (Å²) in [6, 6.07) is 19.3. The average molecular weight is 462 g/mol. The van der Waals surface area contributed by atoms with Gasteiger partial charge in [-0.15, -0.1) is 0 Å². The van der Waals surface area contributed by atoms with Crippen LogP contribution < -0.4 is 5.32 Å². The first kappa shape index (κ1) is 20.0. The van der Waals surface area contributed by atoms with Crippen molar-refractivity contribution in [2.24, 2.45) is 0 Å². The Labute approximate surface area is 187 Å².